The standard InChI is InChI=1S/C27H31FN6O2/c1-16-25-23(33-27(29)30-16)14-22(32-26(25)34-36-15-17-7-4-3-5-8-17)19-12-11-18(28)13-20(19)21-9-6-10-24(31-21)35-2/h6,9-13,17,22H,3-5,7-8,14-15H2,1-2H3,(H,32,34)(H2,29,30,33). The van der Waals surface area contributed by atoms with E-state index in [0.29, 0.717) is 41.9 Å². The zero-order chi connectivity index (χ0) is 25.1. The summed E-state index contributed by atoms with van der Waals surface area (Å²) in [5.41, 5.74) is 13.5. The number of pyridine rings is 1. The van der Waals surface area contributed by atoms with Crippen LogP contribution in [0, 0.1) is 18.7 Å². The van der Waals surface area contributed by atoms with Crippen molar-refractivity contribution in [2.24, 2.45) is 10.9 Å². The summed E-state index contributed by atoms with van der Waals surface area (Å²) in [7, 11) is 1.55. The van der Waals surface area contributed by atoms with Gasteiger partial charge in [-0.25, -0.2) is 24.8 Å². The predicted octanol–water partition coefficient (Wildman–Crippen LogP) is 4.72. The number of benzene rings is 1. The first-order valence-corrected chi connectivity index (χ1v) is 12.4. The highest BCUT2D eigenvalue weighted by molar-refractivity contribution is 6.01. The van der Waals surface area contributed by atoms with Gasteiger partial charge in [0.2, 0.25) is 11.8 Å². The number of hydrogen-bond acceptors (Lipinski definition) is 8. The van der Waals surface area contributed by atoms with Crippen molar-refractivity contribution >= 4 is 11.8 Å². The number of anilines is 1. The lowest BCUT2D eigenvalue weighted by Gasteiger charge is -2.27. The van der Waals surface area contributed by atoms with Crippen LogP contribution < -0.4 is 16.0 Å². The average molecular weight is 491 g/mol. The van der Waals surface area contributed by atoms with Crippen LogP contribution in [-0.4, -0.2) is 34.5 Å². The molecule has 0 amide bonds. The molecule has 1 atom stereocenters. The fourth-order valence-corrected chi connectivity index (χ4v) is 5.12. The van der Waals surface area contributed by atoms with E-state index in [0.717, 1.165) is 22.5 Å². The monoisotopic (exact) mass is 490 g/mol. The number of hydrogen-bond donors (Lipinski definition) is 2. The molecule has 188 valence electrons. The van der Waals surface area contributed by atoms with Crippen LogP contribution in [-0.2, 0) is 11.3 Å². The minimum atomic E-state index is -0.352. The minimum Gasteiger partial charge on any atom is -0.481 e. The molecule has 9 heteroatoms. The zero-order valence-electron chi connectivity index (χ0n) is 20.6. The third kappa shape index (κ3) is 5.16. The number of amidine groups is 1. The highest BCUT2D eigenvalue weighted by atomic mass is 19.1. The van der Waals surface area contributed by atoms with Gasteiger partial charge >= 0.3 is 0 Å². The van der Waals surface area contributed by atoms with E-state index in [4.69, 9.17) is 20.3 Å². The largest absolute Gasteiger partial charge is 0.481 e. The second-order valence-electron chi connectivity index (χ2n) is 9.40. The van der Waals surface area contributed by atoms with E-state index in [1.165, 1.54) is 44.2 Å². The molecule has 1 aliphatic heterocycles. The summed E-state index contributed by atoms with van der Waals surface area (Å²) in [5, 5.41) is 0. The first-order valence-electron chi connectivity index (χ1n) is 12.4. The van der Waals surface area contributed by atoms with Gasteiger partial charge in [0.1, 0.15) is 5.82 Å². The molecule has 8 nitrogen and oxygen atoms in total. The van der Waals surface area contributed by atoms with E-state index in [-0.39, 0.29) is 17.8 Å². The number of aliphatic imine (C=N–C) groups is 1. The summed E-state index contributed by atoms with van der Waals surface area (Å²) >= 11 is 0. The number of nitrogen functional groups attached to an aromatic ring is 1. The SMILES string of the molecule is COc1cccc(-c2cc(F)ccc2C2Cc3nc(N)nc(C)c3C(NOCC3CCCCC3)=N2)n1. The molecule has 2 aliphatic rings. The lowest BCUT2D eigenvalue weighted by molar-refractivity contribution is 0.0447. The van der Waals surface area contributed by atoms with Gasteiger partial charge in [-0.1, -0.05) is 31.4 Å². The van der Waals surface area contributed by atoms with Crippen molar-refractivity contribution in [2.75, 3.05) is 19.5 Å². The molecule has 36 heavy (non-hydrogen) atoms. The quantitative estimate of drug-likeness (QED) is 0.481. The first-order chi connectivity index (χ1) is 17.5. The Kier molecular flexibility index (Phi) is 7.09. The van der Waals surface area contributed by atoms with Crippen molar-refractivity contribution in [1.29, 1.82) is 0 Å². The second kappa shape index (κ2) is 10.6. The fraction of sp³-hybridized carbons (Fsp3) is 0.407. The Morgan fingerprint density at radius 1 is 1.08 bits per heavy atom. The molecule has 3 N–H and O–H groups in total. The van der Waals surface area contributed by atoms with Gasteiger partial charge in [0.05, 0.1) is 42.4 Å². The van der Waals surface area contributed by atoms with Gasteiger partial charge in [0, 0.05) is 18.1 Å². The first kappa shape index (κ1) is 24.1. The van der Waals surface area contributed by atoms with Crippen LogP contribution in [0.3, 0.4) is 0 Å². The number of halogens is 1. The van der Waals surface area contributed by atoms with Crippen LogP contribution in [0.5, 0.6) is 5.88 Å². The molecule has 1 fully saturated rings. The predicted molar refractivity (Wildman–Crippen MR) is 136 cm³/mol. The van der Waals surface area contributed by atoms with Crippen LogP contribution in [0.1, 0.15) is 60.7 Å². The second-order valence-corrected chi connectivity index (χ2v) is 9.40. The molecule has 5 rings (SSSR count). The van der Waals surface area contributed by atoms with Crippen LogP contribution in [0.15, 0.2) is 41.4 Å². The van der Waals surface area contributed by atoms with E-state index in [1.54, 1.807) is 19.2 Å². The van der Waals surface area contributed by atoms with Gasteiger partial charge in [-0.05, 0) is 49.4 Å². The van der Waals surface area contributed by atoms with Gasteiger partial charge in [-0.3, -0.25) is 9.83 Å². The maximum Gasteiger partial charge on any atom is 0.220 e. The smallest absolute Gasteiger partial charge is 0.220 e. The van der Waals surface area contributed by atoms with Crippen LogP contribution in [0.2, 0.25) is 0 Å². The van der Waals surface area contributed by atoms with Crippen LogP contribution in [0.4, 0.5) is 10.3 Å². The number of nitrogens with two attached hydrogens (primary N) is 1. The van der Waals surface area contributed by atoms with E-state index in [2.05, 4.69) is 20.4 Å². The third-order valence-electron chi connectivity index (χ3n) is 6.89. The maximum atomic E-state index is 14.4. The van der Waals surface area contributed by atoms with E-state index < -0.39 is 0 Å². The molecule has 3 heterocycles. The summed E-state index contributed by atoms with van der Waals surface area (Å²) in [6.07, 6.45) is 6.64. The molecule has 1 aromatic carbocycles. The van der Waals surface area contributed by atoms with Crippen molar-refractivity contribution in [3.63, 3.8) is 0 Å². The molecule has 0 radical (unpaired) electrons. The Balaban J connectivity index is 1.50. The number of fused-ring (bicyclic) bond motifs is 1. The number of hydroxylamine groups is 1. The Morgan fingerprint density at radius 3 is 2.72 bits per heavy atom. The highest BCUT2D eigenvalue weighted by Gasteiger charge is 2.29. The number of nitrogens with one attached hydrogen (secondary N) is 1. The summed E-state index contributed by atoms with van der Waals surface area (Å²) < 4.78 is 19.7. The van der Waals surface area contributed by atoms with E-state index in [9.17, 15) is 4.39 Å². The maximum absolute atomic E-state index is 14.4. The molecule has 1 saturated carbocycles. The Bertz CT molecular complexity index is 1280. The van der Waals surface area contributed by atoms with Crippen molar-refractivity contribution in [1.82, 2.24) is 20.4 Å². The summed E-state index contributed by atoms with van der Waals surface area (Å²) in [5.74, 6) is 1.41. The van der Waals surface area contributed by atoms with Gasteiger partial charge in [-0.15, -0.1) is 0 Å². The number of nitrogens with zero attached hydrogens (tertiary/aromatic N) is 4. The van der Waals surface area contributed by atoms with E-state index in [1.807, 2.05) is 19.1 Å². The fourth-order valence-electron chi connectivity index (χ4n) is 5.12. The minimum absolute atomic E-state index is 0.211. The van der Waals surface area contributed by atoms with Gasteiger partial charge in [0.25, 0.3) is 0 Å². The van der Waals surface area contributed by atoms with Gasteiger partial charge in [0.15, 0.2) is 5.84 Å². The number of aryl methyl sites for hydroxylation is 1. The van der Waals surface area contributed by atoms with Crippen molar-refractivity contribution in [2.45, 2.75) is 51.5 Å². The average Bonchev–Trinajstić information content (AvgIpc) is 2.88. The Morgan fingerprint density at radius 2 is 1.92 bits per heavy atom. The van der Waals surface area contributed by atoms with Gasteiger partial charge in [-0.2, -0.15) is 0 Å². The van der Waals surface area contributed by atoms with Gasteiger partial charge < -0.3 is 10.5 Å². The Hall–Kier alpha value is -3.59. The highest BCUT2D eigenvalue weighted by Crippen LogP contribution is 2.36. The molecule has 2 aromatic heterocycles. The summed E-state index contributed by atoms with van der Waals surface area (Å²) in [6.45, 7) is 2.50. The van der Waals surface area contributed by atoms with Crippen molar-refractivity contribution in [3.8, 4) is 17.1 Å². The molecule has 0 bridgehead atoms. The lowest BCUT2D eigenvalue weighted by Crippen LogP contribution is -2.33. The molecular weight excluding hydrogens is 459 g/mol. The third-order valence-corrected chi connectivity index (χ3v) is 6.89. The summed E-state index contributed by atoms with van der Waals surface area (Å²) in [6, 6.07) is 9.74. The normalized spacial score (nSPS) is 17.9. The summed E-state index contributed by atoms with van der Waals surface area (Å²) in [4.78, 5) is 24.3. The van der Waals surface area contributed by atoms with Crippen molar-refractivity contribution in [3.05, 3.63) is 64.7 Å². The molecule has 0 spiro atoms. The van der Waals surface area contributed by atoms with Crippen molar-refractivity contribution < 1.29 is 14.0 Å². The molecule has 3 aromatic rings. The molecule has 1 aliphatic carbocycles. The number of methoxy groups -OCH3 is 1. The van der Waals surface area contributed by atoms with Crippen LogP contribution in [0.25, 0.3) is 11.3 Å². The lowest BCUT2D eigenvalue weighted by atomic mass is 9.90. The van der Waals surface area contributed by atoms with E-state index >= 15 is 0 Å². The molecule has 0 saturated heterocycles. The van der Waals surface area contributed by atoms with Crippen LogP contribution >= 0.6 is 0 Å². The Labute approximate surface area is 210 Å². The zero-order valence-corrected chi connectivity index (χ0v) is 20.6. The number of aromatic nitrogens is 3. The topological polar surface area (TPSA) is 108 Å². The number of rotatable bonds is 6. The molecular formula is C27H31FN6O2. The molecule has 1 unspecified atom stereocenters. The number of ether oxygens (including phenoxy) is 1.